The van der Waals surface area contributed by atoms with Crippen LogP contribution in [0.2, 0.25) is 0 Å². The van der Waals surface area contributed by atoms with Crippen LogP contribution in [0.5, 0.6) is 11.8 Å². The van der Waals surface area contributed by atoms with Crippen LogP contribution in [0.4, 0.5) is 0 Å². The Balaban J connectivity index is 2.81. The minimum absolute atomic E-state index is 0.299. The lowest BCUT2D eigenvalue weighted by Gasteiger charge is -2.23. The van der Waals surface area contributed by atoms with Crippen LogP contribution in [0, 0.1) is 0 Å². The smallest absolute Gasteiger partial charge is 0.224 e. The highest BCUT2D eigenvalue weighted by molar-refractivity contribution is 7.92. The standard InChI is InChI=1S/C12H21N3O4S/c1-12(2,20(5,16)17)7-13-6-9-10(18-3)14-8-15-11(9)19-4/h8,13H,6-7H2,1-5H3. The highest BCUT2D eigenvalue weighted by Gasteiger charge is 2.29. The molecule has 114 valence electrons. The van der Waals surface area contributed by atoms with Crippen LogP contribution in [-0.4, -0.2) is 50.2 Å². The molecule has 0 bridgehead atoms. The van der Waals surface area contributed by atoms with E-state index < -0.39 is 14.6 Å². The lowest BCUT2D eigenvalue weighted by molar-refractivity contribution is 0.358. The fraction of sp³-hybridized carbons (Fsp3) is 0.667. The Hall–Kier alpha value is -1.41. The van der Waals surface area contributed by atoms with E-state index in [1.54, 1.807) is 13.8 Å². The van der Waals surface area contributed by atoms with Crippen molar-refractivity contribution in [1.29, 1.82) is 0 Å². The van der Waals surface area contributed by atoms with Crippen molar-refractivity contribution in [3.63, 3.8) is 0 Å². The number of sulfone groups is 1. The number of rotatable bonds is 7. The Morgan fingerprint density at radius 2 is 1.70 bits per heavy atom. The molecule has 0 amide bonds. The Morgan fingerprint density at radius 1 is 1.20 bits per heavy atom. The molecule has 1 heterocycles. The number of hydrogen-bond donors (Lipinski definition) is 1. The zero-order valence-electron chi connectivity index (χ0n) is 12.4. The van der Waals surface area contributed by atoms with Gasteiger partial charge in [-0.15, -0.1) is 0 Å². The Morgan fingerprint density at radius 3 is 2.10 bits per heavy atom. The molecule has 0 fully saturated rings. The molecule has 1 rings (SSSR count). The van der Waals surface area contributed by atoms with Gasteiger partial charge in [0.1, 0.15) is 6.33 Å². The Kier molecular flexibility index (Phi) is 5.29. The molecule has 20 heavy (non-hydrogen) atoms. The van der Waals surface area contributed by atoms with E-state index in [0.29, 0.717) is 30.4 Å². The van der Waals surface area contributed by atoms with E-state index in [-0.39, 0.29) is 0 Å². The topological polar surface area (TPSA) is 90.4 Å². The Labute approximate surface area is 119 Å². The first-order chi connectivity index (χ1) is 9.23. The predicted octanol–water partition coefficient (Wildman–Crippen LogP) is 0.407. The van der Waals surface area contributed by atoms with Gasteiger partial charge >= 0.3 is 0 Å². The van der Waals surface area contributed by atoms with Crippen molar-refractivity contribution in [2.75, 3.05) is 27.0 Å². The van der Waals surface area contributed by atoms with Crippen molar-refractivity contribution in [2.24, 2.45) is 0 Å². The molecule has 0 aliphatic carbocycles. The van der Waals surface area contributed by atoms with Crippen molar-refractivity contribution >= 4 is 9.84 Å². The number of nitrogens with zero attached hydrogens (tertiary/aromatic N) is 2. The van der Waals surface area contributed by atoms with E-state index in [1.165, 1.54) is 26.8 Å². The lowest BCUT2D eigenvalue weighted by Crippen LogP contribution is -2.41. The molecule has 0 saturated heterocycles. The number of hydrogen-bond acceptors (Lipinski definition) is 7. The molecule has 0 saturated carbocycles. The van der Waals surface area contributed by atoms with Crippen LogP contribution in [-0.2, 0) is 16.4 Å². The fourth-order valence-corrected chi connectivity index (χ4v) is 1.87. The average molecular weight is 303 g/mol. The van der Waals surface area contributed by atoms with Gasteiger partial charge in [0.25, 0.3) is 0 Å². The molecule has 0 spiro atoms. The first-order valence-electron chi connectivity index (χ1n) is 6.05. The molecule has 8 heteroatoms. The summed E-state index contributed by atoms with van der Waals surface area (Å²) in [5.41, 5.74) is 0.654. The van der Waals surface area contributed by atoms with Gasteiger partial charge in [0, 0.05) is 19.3 Å². The molecule has 1 aromatic rings. The summed E-state index contributed by atoms with van der Waals surface area (Å²) in [6, 6.07) is 0. The SMILES string of the molecule is COc1ncnc(OC)c1CNCC(C)(C)S(C)(=O)=O. The summed E-state index contributed by atoms with van der Waals surface area (Å²) in [6.45, 7) is 4.00. The normalized spacial score (nSPS) is 12.2. The summed E-state index contributed by atoms with van der Waals surface area (Å²) < 4.78 is 32.7. The molecule has 0 atom stereocenters. The van der Waals surface area contributed by atoms with Gasteiger partial charge in [-0.3, -0.25) is 0 Å². The molecule has 0 unspecified atom stereocenters. The number of nitrogens with one attached hydrogen (secondary N) is 1. The van der Waals surface area contributed by atoms with Gasteiger partial charge in [-0.05, 0) is 13.8 Å². The van der Waals surface area contributed by atoms with E-state index in [9.17, 15) is 8.42 Å². The van der Waals surface area contributed by atoms with E-state index in [0.717, 1.165) is 0 Å². The summed E-state index contributed by atoms with van der Waals surface area (Å²) in [7, 11) is -0.133. The first-order valence-corrected chi connectivity index (χ1v) is 7.94. The lowest BCUT2D eigenvalue weighted by atomic mass is 10.2. The molecule has 0 aromatic carbocycles. The van der Waals surface area contributed by atoms with E-state index in [1.807, 2.05) is 0 Å². The van der Waals surface area contributed by atoms with Crippen molar-refractivity contribution in [2.45, 2.75) is 25.1 Å². The maximum Gasteiger partial charge on any atom is 0.224 e. The van der Waals surface area contributed by atoms with Gasteiger partial charge in [-0.25, -0.2) is 18.4 Å². The largest absolute Gasteiger partial charge is 0.481 e. The van der Waals surface area contributed by atoms with E-state index >= 15 is 0 Å². The number of aromatic nitrogens is 2. The molecule has 0 aliphatic rings. The predicted molar refractivity (Wildman–Crippen MR) is 75.8 cm³/mol. The summed E-state index contributed by atoms with van der Waals surface area (Å²) in [6.07, 6.45) is 2.57. The van der Waals surface area contributed by atoms with Crippen LogP contribution in [0.25, 0.3) is 0 Å². The third-order valence-corrected chi connectivity index (χ3v) is 5.26. The van der Waals surface area contributed by atoms with Crippen LogP contribution in [0.15, 0.2) is 6.33 Å². The minimum Gasteiger partial charge on any atom is -0.481 e. The van der Waals surface area contributed by atoms with Crippen molar-refractivity contribution in [3.05, 3.63) is 11.9 Å². The van der Waals surface area contributed by atoms with Gasteiger partial charge in [0.2, 0.25) is 11.8 Å². The number of methoxy groups -OCH3 is 2. The van der Waals surface area contributed by atoms with Crippen molar-refractivity contribution in [3.8, 4) is 11.8 Å². The molecule has 7 nitrogen and oxygen atoms in total. The number of ether oxygens (including phenoxy) is 2. The zero-order chi connectivity index (χ0) is 15.4. The van der Waals surface area contributed by atoms with Gasteiger partial charge in [0.05, 0.1) is 24.5 Å². The third-order valence-electron chi connectivity index (χ3n) is 3.11. The minimum atomic E-state index is -3.14. The van der Waals surface area contributed by atoms with Crippen LogP contribution >= 0.6 is 0 Å². The second kappa shape index (κ2) is 6.36. The Bertz CT molecular complexity index is 536. The monoisotopic (exact) mass is 303 g/mol. The molecule has 1 aromatic heterocycles. The molecular formula is C12H21N3O4S. The van der Waals surface area contributed by atoms with E-state index in [2.05, 4.69) is 15.3 Å². The molecular weight excluding hydrogens is 282 g/mol. The van der Waals surface area contributed by atoms with Crippen molar-refractivity contribution in [1.82, 2.24) is 15.3 Å². The molecule has 0 aliphatic heterocycles. The summed E-state index contributed by atoms with van der Waals surface area (Å²) in [5.74, 6) is 0.808. The van der Waals surface area contributed by atoms with Crippen molar-refractivity contribution < 1.29 is 17.9 Å². The van der Waals surface area contributed by atoms with Crippen LogP contribution in [0.1, 0.15) is 19.4 Å². The van der Waals surface area contributed by atoms with Crippen LogP contribution < -0.4 is 14.8 Å². The van der Waals surface area contributed by atoms with Gasteiger partial charge < -0.3 is 14.8 Å². The van der Waals surface area contributed by atoms with Crippen LogP contribution in [0.3, 0.4) is 0 Å². The first kappa shape index (κ1) is 16.6. The summed E-state index contributed by atoms with van der Waals surface area (Å²) in [5, 5.41) is 3.08. The maximum absolute atomic E-state index is 11.6. The molecule has 1 N–H and O–H groups in total. The maximum atomic E-state index is 11.6. The quantitative estimate of drug-likeness (QED) is 0.780. The van der Waals surface area contributed by atoms with Gasteiger partial charge in [-0.2, -0.15) is 0 Å². The zero-order valence-corrected chi connectivity index (χ0v) is 13.2. The summed E-state index contributed by atoms with van der Waals surface area (Å²) >= 11 is 0. The third kappa shape index (κ3) is 3.80. The van der Waals surface area contributed by atoms with Gasteiger partial charge in [-0.1, -0.05) is 0 Å². The van der Waals surface area contributed by atoms with Gasteiger partial charge in [0.15, 0.2) is 9.84 Å². The summed E-state index contributed by atoms with van der Waals surface area (Å²) in [4.78, 5) is 8.00. The highest BCUT2D eigenvalue weighted by atomic mass is 32.2. The second-order valence-electron chi connectivity index (χ2n) is 5.01. The highest BCUT2D eigenvalue weighted by Crippen LogP contribution is 2.23. The fourth-order valence-electron chi connectivity index (χ4n) is 1.50. The molecule has 0 radical (unpaired) electrons. The van der Waals surface area contributed by atoms with E-state index in [4.69, 9.17) is 9.47 Å². The second-order valence-corrected chi connectivity index (χ2v) is 7.66. The average Bonchev–Trinajstić information content (AvgIpc) is 2.37.